The molecule has 2 N–H and O–H groups in total. The largest absolute Gasteiger partial charge is 0.490 e. The quantitative estimate of drug-likeness (QED) is 0.253. The number of fused-ring (bicyclic) bond motifs is 1. The van der Waals surface area contributed by atoms with Crippen LogP contribution in [-0.4, -0.2) is 41.3 Å². The maximum Gasteiger partial charge on any atom is 0.341 e. The third kappa shape index (κ3) is 5.40. The minimum absolute atomic E-state index is 0.0656. The number of halogens is 1. The summed E-state index contributed by atoms with van der Waals surface area (Å²) in [6.45, 7) is 1.55. The van der Waals surface area contributed by atoms with Gasteiger partial charge in [0.1, 0.15) is 5.58 Å². The first-order chi connectivity index (χ1) is 15.3. The summed E-state index contributed by atoms with van der Waals surface area (Å²) in [4.78, 5) is 33.4. The van der Waals surface area contributed by atoms with Crippen molar-refractivity contribution in [1.82, 2.24) is 5.43 Å². The summed E-state index contributed by atoms with van der Waals surface area (Å²) in [5, 5.41) is 24.0. The van der Waals surface area contributed by atoms with Gasteiger partial charge in [0.05, 0.1) is 17.7 Å². The Labute approximate surface area is 188 Å². The Balaban J connectivity index is 1.75. The fourth-order valence-corrected chi connectivity index (χ4v) is 3.07. The molecule has 0 radical (unpaired) electrons. The Morgan fingerprint density at radius 2 is 2.00 bits per heavy atom. The molecule has 1 aromatic heterocycles. The van der Waals surface area contributed by atoms with E-state index in [0.717, 1.165) is 0 Å². The van der Waals surface area contributed by atoms with Gasteiger partial charge in [0.15, 0.2) is 23.9 Å². The van der Waals surface area contributed by atoms with Gasteiger partial charge >= 0.3 is 11.9 Å². The first-order valence-corrected chi connectivity index (χ1v) is 9.90. The summed E-state index contributed by atoms with van der Waals surface area (Å²) >= 11 is 3.33. The van der Waals surface area contributed by atoms with E-state index in [1.807, 2.05) is 0 Å². The molecule has 166 valence electrons. The van der Waals surface area contributed by atoms with Crippen LogP contribution in [0.5, 0.6) is 11.5 Å². The number of carboxylic acids is 1. The maximum atomic E-state index is 12.3. The monoisotopic (exact) mass is 505 g/mol. The number of carbonyl (C=O) groups excluding carboxylic acids is 1. The highest BCUT2D eigenvalue weighted by atomic mass is 79.9. The standard InChI is InChI=1S/C20H16BrN3O8/c1-2-30-16-7-12(14(21)8-17(16)31-10-19(25)26)9-22-23-20(27)18-6-11-5-13(24(28)29)3-4-15(11)32-18/h3-9H,2,10H2,1H3,(H,23,27)(H,25,26)/b22-9-. The second kappa shape index (κ2) is 9.92. The number of furan rings is 1. The summed E-state index contributed by atoms with van der Waals surface area (Å²) in [7, 11) is 0. The molecule has 1 amide bonds. The van der Waals surface area contributed by atoms with E-state index in [9.17, 15) is 19.7 Å². The number of hydrogen-bond acceptors (Lipinski definition) is 8. The van der Waals surface area contributed by atoms with Crippen molar-refractivity contribution in [3.63, 3.8) is 0 Å². The van der Waals surface area contributed by atoms with E-state index in [1.54, 1.807) is 13.0 Å². The first kappa shape index (κ1) is 22.7. The average Bonchev–Trinajstić information content (AvgIpc) is 3.18. The second-order valence-corrected chi connectivity index (χ2v) is 7.08. The summed E-state index contributed by atoms with van der Waals surface area (Å²) in [5.74, 6) is -1.30. The molecular formula is C20H16BrN3O8. The lowest BCUT2D eigenvalue weighted by atomic mass is 10.2. The summed E-state index contributed by atoms with van der Waals surface area (Å²) in [6.07, 6.45) is 1.35. The lowest BCUT2D eigenvalue weighted by molar-refractivity contribution is -0.384. The molecule has 1 heterocycles. The Kier molecular flexibility index (Phi) is 7.05. The van der Waals surface area contributed by atoms with Crippen molar-refractivity contribution in [3.8, 4) is 11.5 Å². The number of nitro benzene ring substituents is 1. The normalized spacial score (nSPS) is 10.9. The van der Waals surface area contributed by atoms with Crippen molar-refractivity contribution in [2.24, 2.45) is 5.10 Å². The average molecular weight is 506 g/mol. The molecule has 0 saturated carbocycles. The van der Waals surface area contributed by atoms with E-state index >= 15 is 0 Å². The molecule has 0 unspecified atom stereocenters. The lowest BCUT2D eigenvalue weighted by Gasteiger charge is -2.12. The number of hydrazone groups is 1. The zero-order valence-electron chi connectivity index (χ0n) is 16.5. The van der Waals surface area contributed by atoms with Crippen LogP contribution in [0.4, 0.5) is 5.69 Å². The van der Waals surface area contributed by atoms with Crippen molar-refractivity contribution in [1.29, 1.82) is 0 Å². The number of nitrogens with one attached hydrogen (secondary N) is 1. The SMILES string of the molecule is CCOc1cc(/C=N\NC(=O)c2cc3cc([N+](=O)[O-])ccc3o2)c(Br)cc1OCC(=O)O. The molecule has 11 nitrogen and oxygen atoms in total. The molecule has 0 aliphatic heterocycles. The maximum absolute atomic E-state index is 12.3. The van der Waals surface area contributed by atoms with Crippen LogP contribution in [0.25, 0.3) is 11.0 Å². The van der Waals surface area contributed by atoms with Gasteiger partial charge in [0.25, 0.3) is 5.69 Å². The van der Waals surface area contributed by atoms with Crippen LogP contribution in [0.2, 0.25) is 0 Å². The molecule has 3 rings (SSSR count). The van der Waals surface area contributed by atoms with Gasteiger partial charge in [-0.15, -0.1) is 0 Å². The van der Waals surface area contributed by atoms with Gasteiger partial charge in [0, 0.05) is 27.6 Å². The molecule has 0 spiro atoms. The van der Waals surface area contributed by atoms with E-state index in [1.165, 1.54) is 36.5 Å². The number of aliphatic carboxylic acids is 1. The summed E-state index contributed by atoms with van der Waals surface area (Å²) in [5.41, 5.74) is 3.04. The number of benzene rings is 2. The van der Waals surface area contributed by atoms with Gasteiger partial charge in [-0.2, -0.15) is 5.10 Å². The Hall–Kier alpha value is -3.93. The number of carbonyl (C=O) groups is 2. The zero-order valence-corrected chi connectivity index (χ0v) is 18.1. The topological polar surface area (TPSA) is 154 Å². The van der Waals surface area contributed by atoms with Crippen LogP contribution < -0.4 is 14.9 Å². The van der Waals surface area contributed by atoms with E-state index in [2.05, 4.69) is 26.5 Å². The van der Waals surface area contributed by atoms with Crippen molar-refractivity contribution in [3.05, 3.63) is 62.3 Å². The highest BCUT2D eigenvalue weighted by Crippen LogP contribution is 2.33. The molecule has 12 heteroatoms. The number of nitro groups is 1. The number of carboxylic acid groups (broad SMARTS) is 1. The zero-order chi connectivity index (χ0) is 23.3. The highest BCUT2D eigenvalue weighted by Gasteiger charge is 2.15. The molecule has 3 aromatic rings. The van der Waals surface area contributed by atoms with E-state index in [4.69, 9.17) is 19.0 Å². The van der Waals surface area contributed by atoms with Gasteiger partial charge in [-0.1, -0.05) is 0 Å². The van der Waals surface area contributed by atoms with Crippen molar-refractivity contribution in [2.75, 3.05) is 13.2 Å². The van der Waals surface area contributed by atoms with E-state index < -0.39 is 23.4 Å². The Morgan fingerprint density at radius 3 is 2.69 bits per heavy atom. The molecule has 2 aromatic carbocycles. The molecule has 32 heavy (non-hydrogen) atoms. The fourth-order valence-electron chi connectivity index (χ4n) is 2.64. The third-order valence-electron chi connectivity index (χ3n) is 4.02. The number of amides is 1. The van der Waals surface area contributed by atoms with Crippen LogP contribution in [0.1, 0.15) is 23.0 Å². The summed E-state index contributed by atoms with van der Waals surface area (Å²) in [6, 6.07) is 8.48. The number of non-ortho nitro benzene ring substituents is 1. The van der Waals surface area contributed by atoms with Crippen molar-refractivity contribution in [2.45, 2.75) is 6.92 Å². The third-order valence-corrected chi connectivity index (χ3v) is 4.71. The van der Waals surface area contributed by atoms with E-state index in [0.29, 0.717) is 33.4 Å². The van der Waals surface area contributed by atoms with Crippen LogP contribution in [0.3, 0.4) is 0 Å². The first-order valence-electron chi connectivity index (χ1n) is 9.10. The smallest absolute Gasteiger partial charge is 0.341 e. The van der Waals surface area contributed by atoms with Gasteiger partial charge in [-0.25, -0.2) is 10.2 Å². The van der Waals surface area contributed by atoms with Crippen LogP contribution in [0, 0.1) is 10.1 Å². The van der Waals surface area contributed by atoms with Crippen LogP contribution in [-0.2, 0) is 4.79 Å². The van der Waals surface area contributed by atoms with Crippen molar-refractivity contribution >= 4 is 50.7 Å². The molecule has 0 saturated heterocycles. The van der Waals surface area contributed by atoms with Gasteiger partial charge in [0.2, 0.25) is 0 Å². The summed E-state index contributed by atoms with van der Waals surface area (Å²) < 4.78 is 16.6. The van der Waals surface area contributed by atoms with Crippen LogP contribution in [0.15, 0.2) is 50.4 Å². The van der Waals surface area contributed by atoms with Crippen LogP contribution >= 0.6 is 15.9 Å². The van der Waals surface area contributed by atoms with E-state index in [-0.39, 0.29) is 17.2 Å². The molecular weight excluding hydrogens is 490 g/mol. The molecule has 0 atom stereocenters. The number of rotatable bonds is 9. The van der Waals surface area contributed by atoms with Gasteiger partial charge in [-0.3, -0.25) is 14.9 Å². The molecule has 0 fully saturated rings. The number of nitrogens with zero attached hydrogens (tertiary/aromatic N) is 2. The second-order valence-electron chi connectivity index (χ2n) is 6.22. The predicted molar refractivity (Wildman–Crippen MR) is 116 cm³/mol. The van der Waals surface area contributed by atoms with Crippen molar-refractivity contribution < 1.29 is 33.5 Å². The number of hydrogen-bond donors (Lipinski definition) is 2. The minimum atomic E-state index is -1.13. The lowest BCUT2D eigenvalue weighted by Crippen LogP contribution is -2.16. The fraction of sp³-hybridized carbons (Fsp3) is 0.150. The molecule has 0 aliphatic rings. The van der Waals surface area contributed by atoms with Gasteiger partial charge in [-0.05, 0) is 47.1 Å². The van der Waals surface area contributed by atoms with Gasteiger partial charge < -0.3 is 19.0 Å². The highest BCUT2D eigenvalue weighted by molar-refractivity contribution is 9.10. The Morgan fingerprint density at radius 1 is 1.25 bits per heavy atom. The minimum Gasteiger partial charge on any atom is -0.490 e. The molecule has 0 aliphatic carbocycles. The predicted octanol–water partition coefficient (Wildman–Crippen LogP) is 3.73. The Bertz CT molecular complexity index is 1220. The molecule has 0 bridgehead atoms. The number of ether oxygens (including phenoxy) is 2.